The highest BCUT2D eigenvalue weighted by Crippen LogP contribution is 2.57. The fourth-order valence-electron chi connectivity index (χ4n) is 8.00. The summed E-state index contributed by atoms with van der Waals surface area (Å²) in [5.41, 5.74) is 11.8. The van der Waals surface area contributed by atoms with Gasteiger partial charge >= 0.3 is 0 Å². The first-order valence-electron chi connectivity index (χ1n) is 16.3. The zero-order chi connectivity index (χ0) is 31.7. The van der Waals surface area contributed by atoms with E-state index in [9.17, 15) is 0 Å². The zero-order valence-corrected chi connectivity index (χ0v) is 26.0. The monoisotopic (exact) mass is 612 g/mol. The molecule has 4 heteroatoms. The normalized spacial score (nSPS) is 15.2. The van der Waals surface area contributed by atoms with Crippen LogP contribution in [0.4, 0.5) is 0 Å². The van der Waals surface area contributed by atoms with Gasteiger partial charge in [-0.2, -0.15) is 0 Å². The minimum atomic E-state index is -0.529. The molecule has 1 unspecified atom stereocenters. The van der Waals surface area contributed by atoms with E-state index in [4.69, 9.17) is 9.97 Å². The number of hydrogen-bond donors (Lipinski definition) is 0. The smallest absolute Gasteiger partial charge is 0.235 e. The van der Waals surface area contributed by atoms with Gasteiger partial charge in [0, 0.05) is 34.1 Å². The third kappa shape index (κ3) is 3.68. The van der Waals surface area contributed by atoms with E-state index in [2.05, 4.69) is 149 Å². The van der Waals surface area contributed by atoms with E-state index in [-0.39, 0.29) is 0 Å². The number of fused-ring (bicyclic) bond motifs is 7. The first-order valence-corrected chi connectivity index (χ1v) is 16.3. The summed E-state index contributed by atoms with van der Waals surface area (Å²) >= 11 is 0. The Hall–Kier alpha value is -6.39. The highest BCUT2D eigenvalue weighted by Gasteiger charge is 2.46. The summed E-state index contributed by atoms with van der Waals surface area (Å²) in [6.07, 6.45) is 3.88. The van der Waals surface area contributed by atoms with Gasteiger partial charge < -0.3 is 0 Å². The number of rotatable bonds is 4. The molecule has 3 heterocycles. The molecule has 1 atom stereocenters. The van der Waals surface area contributed by atoms with Gasteiger partial charge in [-0.1, -0.05) is 127 Å². The number of para-hydroxylation sites is 2. The second-order valence-electron chi connectivity index (χ2n) is 12.4. The average Bonchev–Trinajstić information content (AvgIpc) is 3.64. The van der Waals surface area contributed by atoms with Crippen LogP contribution in [-0.4, -0.2) is 19.5 Å². The van der Waals surface area contributed by atoms with Crippen LogP contribution in [0.3, 0.4) is 0 Å². The third-order valence-corrected chi connectivity index (χ3v) is 9.98. The fraction of sp³-hybridized carbons (Fsp3) is 0.0227. The molecular formula is C44H28N4. The van der Waals surface area contributed by atoms with Crippen molar-refractivity contribution in [3.63, 3.8) is 0 Å². The quantitative estimate of drug-likeness (QED) is 0.199. The lowest BCUT2D eigenvalue weighted by Crippen LogP contribution is -2.28. The van der Waals surface area contributed by atoms with E-state index in [1.165, 1.54) is 33.2 Å². The lowest BCUT2D eigenvalue weighted by Gasteiger charge is -2.33. The molecule has 0 spiro atoms. The van der Waals surface area contributed by atoms with Gasteiger partial charge in [-0.15, -0.1) is 0 Å². The van der Waals surface area contributed by atoms with Gasteiger partial charge in [-0.25, -0.2) is 9.97 Å². The third-order valence-electron chi connectivity index (χ3n) is 9.98. The molecular weight excluding hydrogens is 585 g/mol. The topological polar surface area (TPSA) is 43.6 Å². The summed E-state index contributed by atoms with van der Waals surface area (Å²) in [4.78, 5) is 15.2. The predicted molar refractivity (Wildman–Crippen MR) is 194 cm³/mol. The van der Waals surface area contributed by atoms with Gasteiger partial charge in [-0.05, 0) is 63.7 Å². The van der Waals surface area contributed by atoms with Gasteiger partial charge in [0.05, 0.1) is 27.7 Å². The zero-order valence-electron chi connectivity index (χ0n) is 26.0. The van der Waals surface area contributed by atoms with Crippen molar-refractivity contribution in [2.24, 2.45) is 0 Å². The fourth-order valence-corrected chi connectivity index (χ4v) is 8.00. The van der Waals surface area contributed by atoms with Crippen molar-refractivity contribution in [1.82, 2.24) is 19.5 Å². The van der Waals surface area contributed by atoms with E-state index in [1.54, 1.807) is 0 Å². The van der Waals surface area contributed by atoms with E-state index in [0.29, 0.717) is 5.95 Å². The molecule has 3 aromatic heterocycles. The molecule has 0 N–H and O–H groups in total. The van der Waals surface area contributed by atoms with Gasteiger partial charge in [0.1, 0.15) is 0 Å². The Morgan fingerprint density at radius 1 is 0.479 bits per heavy atom. The Morgan fingerprint density at radius 2 is 1.19 bits per heavy atom. The number of pyridine rings is 1. The van der Waals surface area contributed by atoms with E-state index < -0.39 is 5.41 Å². The second kappa shape index (κ2) is 10.3. The Bertz CT molecular complexity index is 2620. The highest BCUT2D eigenvalue weighted by atomic mass is 15.2. The van der Waals surface area contributed by atoms with Crippen LogP contribution in [0, 0.1) is 0 Å². The predicted octanol–water partition coefficient (Wildman–Crippen LogP) is 10.2. The van der Waals surface area contributed by atoms with Crippen LogP contribution in [0.1, 0.15) is 22.3 Å². The Balaban J connectivity index is 1.34. The van der Waals surface area contributed by atoms with Crippen LogP contribution in [-0.2, 0) is 5.41 Å². The lowest BCUT2D eigenvalue weighted by atomic mass is 9.68. The molecule has 0 bridgehead atoms. The van der Waals surface area contributed by atoms with E-state index >= 15 is 0 Å². The first-order chi connectivity index (χ1) is 23.8. The van der Waals surface area contributed by atoms with Gasteiger partial charge in [-0.3, -0.25) is 9.55 Å². The second-order valence-corrected chi connectivity index (χ2v) is 12.4. The Labute approximate surface area is 277 Å². The van der Waals surface area contributed by atoms with Crippen molar-refractivity contribution in [2.75, 3.05) is 0 Å². The molecule has 48 heavy (non-hydrogen) atoms. The SMILES string of the molecule is c1ccc(-c2nc(-n3c4ccccc4c4cc5c(cc43)-c3ccccc3C5(c3ccccc3)c3cccnc3)nc3ccccc23)cc1. The number of aromatic nitrogens is 4. The standard InChI is InChI=1S/C44H28N4/c1-3-14-29(15-4-1)42-34-21-8-11-23-39(34)46-43(47-42)48-40-24-12-9-20-33(40)36-26-38-35(27-41(36)48)32-19-7-10-22-37(32)44(38,30-16-5-2-6-17-30)31-18-13-25-45-28-31/h1-28H. The number of nitrogens with zero attached hydrogens (tertiary/aromatic N) is 4. The lowest BCUT2D eigenvalue weighted by molar-refractivity contribution is 0.764. The molecule has 6 aromatic carbocycles. The van der Waals surface area contributed by atoms with Crippen LogP contribution < -0.4 is 0 Å². The summed E-state index contributed by atoms with van der Waals surface area (Å²) in [5, 5.41) is 3.36. The molecule has 224 valence electrons. The summed E-state index contributed by atoms with van der Waals surface area (Å²) in [5.74, 6) is 0.659. The minimum Gasteiger partial charge on any atom is -0.278 e. The number of benzene rings is 6. The molecule has 0 aliphatic heterocycles. The van der Waals surface area contributed by atoms with Crippen molar-refractivity contribution in [3.8, 4) is 28.3 Å². The molecule has 4 nitrogen and oxygen atoms in total. The van der Waals surface area contributed by atoms with Crippen molar-refractivity contribution in [1.29, 1.82) is 0 Å². The van der Waals surface area contributed by atoms with Crippen molar-refractivity contribution >= 4 is 32.7 Å². The molecule has 0 saturated heterocycles. The maximum atomic E-state index is 5.32. The van der Waals surface area contributed by atoms with Crippen molar-refractivity contribution in [2.45, 2.75) is 5.41 Å². The molecule has 1 aliphatic rings. The van der Waals surface area contributed by atoms with Crippen LogP contribution >= 0.6 is 0 Å². The summed E-state index contributed by atoms with van der Waals surface area (Å²) in [6, 6.07) is 56.1. The van der Waals surface area contributed by atoms with Crippen LogP contribution in [0.25, 0.3) is 61.0 Å². The molecule has 1 aliphatic carbocycles. The largest absolute Gasteiger partial charge is 0.278 e. The molecule has 10 rings (SSSR count). The van der Waals surface area contributed by atoms with Crippen LogP contribution in [0.2, 0.25) is 0 Å². The first kappa shape index (κ1) is 26.8. The van der Waals surface area contributed by atoms with Crippen molar-refractivity contribution in [3.05, 3.63) is 192 Å². The Morgan fingerprint density at radius 3 is 2.02 bits per heavy atom. The molecule has 9 aromatic rings. The molecule has 0 saturated carbocycles. The van der Waals surface area contributed by atoms with E-state index in [1.807, 2.05) is 30.6 Å². The average molecular weight is 613 g/mol. The summed E-state index contributed by atoms with van der Waals surface area (Å²) < 4.78 is 2.25. The molecule has 0 fully saturated rings. The summed E-state index contributed by atoms with van der Waals surface area (Å²) in [7, 11) is 0. The molecule has 0 radical (unpaired) electrons. The maximum Gasteiger partial charge on any atom is 0.235 e. The summed E-state index contributed by atoms with van der Waals surface area (Å²) in [6.45, 7) is 0. The molecule has 0 amide bonds. The van der Waals surface area contributed by atoms with Crippen LogP contribution in [0.15, 0.2) is 170 Å². The number of hydrogen-bond acceptors (Lipinski definition) is 3. The van der Waals surface area contributed by atoms with Gasteiger partial charge in [0.2, 0.25) is 5.95 Å². The van der Waals surface area contributed by atoms with Crippen LogP contribution in [0.5, 0.6) is 0 Å². The minimum absolute atomic E-state index is 0.529. The highest BCUT2D eigenvalue weighted by molar-refractivity contribution is 6.12. The van der Waals surface area contributed by atoms with Gasteiger partial charge in [0.25, 0.3) is 0 Å². The van der Waals surface area contributed by atoms with Gasteiger partial charge in [0.15, 0.2) is 0 Å². The van der Waals surface area contributed by atoms with Crippen molar-refractivity contribution < 1.29 is 0 Å². The maximum absolute atomic E-state index is 5.32. The Kier molecular flexibility index (Phi) is 5.75. The van der Waals surface area contributed by atoms with E-state index in [0.717, 1.165) is 44.1 Å².